The van der Waals surface area contributed by atoms with Crippen LogP contribution in [0.3, 0.4) is 0 Å². The fraction of sp³-hybridized carbons (Fsp3) is 0.875. The SMILES string of the molecule is CC(C)C[C@H](CC(=O)COC(C)C)C(=O)NCOC(C)C. The van der Waals surface area contributed by atoms with Crippen LogP contribution in [0.5, 0.6) is 0 Å². The van der Waals surface area contributed by atoms with Crippen LogP contribution in [-0.2, 0) is 19.1 Å². The van der Waals surface area contributed by atoms with Crippen LogP contribution < -0.4 is 5.32 Å². The molecule has 0 aromatic rings. The zero-order valence-electron chi connectivity index (χ0n) is 14.3. The second kappa shape index (κ2) is 10.7. The Hall–Kier alpha value is -0.940. The molecule has 1 N–H and O–H groups in total. The van der Waals surface area contributed by atoms with Crippen molar-refractivity contribution in [3.8, 4) is 0 Å². The van der Waals surface area contributed by atoms with Gasteiger partial charge in [-0.2, -0.15) is 0 Å². The van der Waals surface area contributed by atoms with Gasteiger partial charge in [-0.15, -0.1) is 0 Å². The minimum atomic E-state index is -0.316. The lowest BCUT2D eigenvalue weighted by molar-refractivity contribution is -0.133. The fourth-order valence-electron chi connectivity index (χ4n) is 1.87. The van der Waals surface area contributed by atoms with E-state index >= 15 is 0 Å². The highest BCUT2D eigenvalue weighted by Gasteiger charge is 2.23. The van der Waals surface area contributed by atoms with E-state index in [0.717, 1.165) is 0 Å². The van der Waals surface area contributed by atoms with Gasteiger partial charge >= 0.3 is 0 Å². The van der Waals surface area contributed by atoms with Crippen LogP contribution in [-0.4, -0.2) is 37.2 Å². The molecule has 0 saturated heterocycles. The van der Waals surface area contributed by atoms with Gasteiger partial charge in [0.1, 0.15) is 13.3 Å². The zero-order chi connectivity index (χ0) is 16.4. The summed E-state index contributed by atoms with van der Waals surface area (Å²) in [6.45, 7) is 11.9. The summed E-state index contributed by atoms with van der Waals surface area (Å²) in [5.74, 6) is -0.119. The van der Waals surface area contributed by atoms with E-state index in [1.165, 1.54) is 0 Å². The van der Waals surface area contributed by atoms with Crippen molar-refractivity contribution < 1.29 is 19.1 Å². The van der Waals surface area contributed by atoms with Crippen LogP contribution in [0.25, 0.3) is 0 Å². The van der Waals surface area contributed by atoms with E-state index in [2.05, 4.69) is 5.32 Å². The van der Waals surface area contributed by atoms with Crippen molar-refractivity contribution in [2.24, 2.45) is 11.8 Å². The molecule has 0 aliphatic rings. The zero-order valence-corrected chi connectivity index (χ0v) is 14.3. The van der Waals surface area contributed by atoms with E-state index < -0.39 is 0 Å². The third-order valence-corrected chi connectivity index (χ3v) is 2.84. The number of carbonyl (C=O) groups excluding carboxylic acids is 2. The largest absolute Gasteiger partial charge is 0.371 e. The molecule has 0 unspecified atom stereocenters. The van der Waals surface area contributed by atoms with E-state index in [4.69, 9.17) is 9.47 Å². The summed E-state index contributed by atoms with van der Waals surface area (Å²) in [6.07, 6.45) is 0.986. The molecule has 1 amide bonds. The summed E-state index contributed by atoms with van der Waals surface area (Å²) >= 11 is 0. The lowest BCUT2D eigenvalue weighted by Crippen LogP contribution is -2.35. The Morgan fingerprint density at radius 1 is 0.952 bits per heavy atom. The van der Waals surface area contributed by atoms with Gasteiger partial charge in [-0.05, 0) is 40.0 Å². The molecular weight excluding hydrogens is 270 g/mol. The van der Waals surface area contributed by atoms with E-state index in [9.17, 15) is 9.59 Å². The van der Waals surface area contributed by atoms with Crippen molar-refractivity contribution in [1.82, 2.24) is 5.32 Å². The van der Waals surface area contributed by atoms with E-state index in [0.29, 0.717) is 12.3 Å². The van der Waals surface area contributed by atoms with Gasteiger partial charge in [-0.1, -0.05) is 13.8 Å². The summed E-state index contributed by atoms with van der Waals surface area (Å²) in [5.41, 5.74) is 0. The molecule has 124 valence electrons. The smallest absolute Gasteiger partial charge is 0.225 e. The van der Waals surface area contributed by atoms with Crippen LogP contribution in [0.15, 0.2) is 0 Å². The number of nitrogens with one attached hydrogen (secondary N) is 1. The van der Waals surface area contributed by atoms with Crippen molar-refractivity contribution >= 4 is 11.7 Å². The average Bonchev–Trinajstić information content (AvgIpc) is 2.34. The minimum absolute atomic E-state index is 0.0192. The number of hydrogen-bond acceptors (Lipinski definition) is 4. The predicted molar refractivity (Wildman–Crippen MR) is 82.9 cm³/mol. The molecule has 0 aliphatic heterocycles. The molecule has 0 aromatic heterocycles. The van der Waals surface area contributed by atoms with E-state index in [-0.39, 0.29) is 49.6 Å². The Morgan fingerprint density at radius 2 is 1.52 bits per heavy atom. The molecule has 0 saturated carbocycles. The normalized spacial score (nSPS) is 13.0. The number of Topliss-reactive ketones (excluding diaryl/α,β-unsaturated/α-hetero) is 1. The maximum atomic E-state index is 12.1. The van der Waals surface area contributed by atoms with E-state index in [1.807, 2.05) is 41.5 Å². The maximum absolute atomic E-state index is 12.1. The number of ether oxygens (including phenoxy) is 2. The Bertz CT molecular complexity index is 313. The van der Waals surface area contributed by atoms with Crippen LogP contribution in [0.2, 0.25) is 0 Å². The first-order chi connectivity index (χ1) is 9.72. The Labute approximate surface area is 128 Å². The maximum Gasteiger partial charge on any atom is 0.225 e. The van der Waals surface area contributed by atoms with Gasteiger partial charge in [0.2, 0.25) is 5.91 Å². The van der Waals surface area contributed by atoms with Crippen LogP contribution in [0, 0.1) is 11.8 Å². The summed E-state index contributed by atoms with van der Waals surface area (Å²) in [4.78, 5) is 24.0. The number of ketones is 1. The fourth-order valence-corrected chi connectivity index (χ4v) is 1.87. The van der Waals surface area contributed by atoms with Gasteiger partial charge in [0.15, 0.2) is 5.78 Å². The molecule has 5 heteroatoms. The summed E-state index contributed by atoms with van der Waals surface area (Å²) in [6, 6.07) is 0. The highest BCUT2D eigenvalue weighted by molar-refractivity contribution is 5.87. The van der Waals surface area contributed by atoms with Gasteiger partial charge in [0.05, 0.1) is 12.2 Å². The number of rotatable bonds is 11. The van der Waals surface area contributed by atoms with Gasteiger partial charge in [-0.25, -0.2) is 0 Å². The molecule has 0 aliphatic carbocycles. The molecule has 0 spiro atoms. The molecule has 21 heavy (non-hydrogen) atoms. The monoisotopic (exact) mass is 301 g/mol. The standard InChI is InChI=1S/C16H31NO4/c1-11(2)7-14(8-15(18)9-20-12(3)4)16(19)17-10-21-13(5)6/h11-14H,7-10H2,1-6H3,(H,17,19)/t14-/m1/s1. The lowest BCUT2D eigenvalue weighted by Gasteiger charge is -2.19. The highest BCUT2D eigenvalue weighted by Crippen LogP contribution is 2.16. The molecule has 1 atom stereocenters. The van der Waals surface area contributed by atoms with Crippen molar-refractivity contribution in [3.63, 3.8) is 0 Å². The number of carbonyl (C=O) groups is 2. The second-order valence-electron chi connectivity index (χ2n) is 6.33. The predicted octanol–water partition coefficient (Wildman–Crippen LogP) is 2.53. The van der Waals surface area contributed by atoms with Crippen molar-refractivity contribution in [2.75, 3.05) is 13.3 Å². The van der Waals surface area contributed by atoms with Crippen LogP contribution in [0.1, 0.15) is 54.4 Å². The van der Waals surface area contributed by atoms with E-state index in [1.54, 1.807) is 0 Å². The first-order valence-corrected chi connectivity index (χ1v) is 7.75. The molecular formula is C16H31NO4. The second-order valence-corrected chi connectivity index (χ2v) is 6.33. The van der Waals surface area contributed by atoms with Crippen molar-refractivity contribution in [1.29, 1.82) is 0 Å². The van der Waals surface area contributed by atoms with Gasteiger partial charge < -0.3 is 14.8 Å². The highest BCUT2D eigenvalue weighted by atomic mass is 16.5. The van der Waals surface area contributed by atoms with Crippen molar-refractivity contribution in [3.05, 3.63) is 0 Å². The van der Waals surface area contributed by atoms with Gasteiger partial charge in [0.25, 0.3) is 0 Å². The average molecular weight is 301 g/mol. The van der Waals surface area contributed by atoms with Crippen LogP contribution >= 0.6 is 0 Å². The third-order valence-electron chi connectivity index (χ3n) is 2.84. The number of hydrogen-bond donors (Lipinski definition) is 1. The molecule has 0 rings (SSSR count). The first kappa shape index (κ1) is 20.1. The summed E-state index contributed by atoms with van der Waals surface area (Å²) in [5, 5.41) is 2.74. The lowest BCUT2D eigenvalue weighted by atomic mass is 9.92. The molecule has 0 heterocycles. The van der Waals surface area contributed by atoms with Gasteiger partial charge in [0, 0.05) is 12.3 Å². The minimum Gasteiger partial charge on any atom is -0.371 e. The van der Waals surface area contributed by atoms with Crippen molar-refractivity contribution in [2.45, 2.75) is 66.6 Å². The Morgan fingerprint density at radius 3 is 2.00 bits per heavy atom. The topological polar surface area (TPSA) is 64.6 Å². The molecule has 0 fully saturated rings. The first-order valence-electron chi connectivity index (χ1n) is 7.75. The number of amides is 1. The quantitative estimate of drug-likeness (QED) is 0.596. The Kier molecular flexibility index (Phi) is 10.3. The third kappa shape index (κ3) is 11.4. The molecule has 5 nitrogen and oxygen atoms in total. The van der Waals surface area contributed by atoms with Crippen LogP contribution in [0.4, 0.5) is 0 Å². The summed E-state index contributed by atoms with van der Waals surface area (Å²) < 4.78 is 10.6. The summed E-state index contributed by atoms with van der Waals surface area (Å²) in [7, 11) is 0. The molecule has 0 radical (unpaired) electrons. The van der Waals surface area contributed by atoms with Gasteiger partial charge in [-0.3, -0.25) is 9.59 Å². The molecule has 0 bridgehead atoms. The molecule has 0 aromatic carbocycles. The Balaban J connectivity index is 4.35.